The fourth-order valence-electron chi connectivity index (χ4n) is 8.59. The number of nitrogens with zero attached hydrogens (tertiary/aromatic N) is 2. The highest BCUT2D eigenvalue weighted by Gasteiger charge is 2.22. The first-order valence-corrected chi connectivity index (χ1v) is 20.1. The predicted molar refractivity (Wildman–Crippen MR) is 244 cm³/mol. The number of aromatic nitrogens is 1. The molecule has 0 N–H and O–H groups in total. The van der Waals surface area contributed by atoms with Crippen LogP contribution in [0.25, 0.3) is 67.2 Å². The van der Waals surface area contributed by atoms with Crippen molar-refractivity contribution in [3.8, 4) is 50.2 Å². The highest BCUT2D eigenvalue weighted by Crippen LogP contribution is 2.40. The van der Waals surface area contributed by atoms with Crippen LogP contribution < -0.4 is 4.90 Å². The van der Waals surface area contributed by atoms with E-state index in [-0.39, 0.29) is 0 Å². The van der Waals surface area contributed by atoms with Crippen LogP contribution in [0.3, 0.4) is 0 Å². The van der Waals surface area contributed by atoms with Gasteiger partial charge in [-0.25, -0.2) is 0 Å². The number of aryl methyl sites for hydroxylation is 1. The Hall–Kier alpha value is -7.34. The number of anilines is 3. The van der Waals surface area contributed by atoms with Crippen molar-refractivity contribution in [2.75, 3.05) is 4.90 Å². The molecule has 1 aliphatic carbocycles. The lowest BCUT2D eigenvalue weighted by molar-refractivity contribution is 0.717. The van der Waals surface area contributed by atoms with E-state index in [2.05, 4.69) is 230 Å². The molecule has 10 rings (SSSR count). The van der Waals surface area contributed by atoms with Crippen LogP contribution >= 0.6 is 0 Å². The highest BCUT2D eigenvalue weighted by molar-refractivity contribution is 5.92. The quantitative estimate of drug-likeness (QED) is 0.150. The first-order chi connectivity index (χ1) is 28.6. The number of hydrogen-bond acceptors (Lipinski definition) is 1. The van der Waals surface area contributed by atoms with Gasteiger partial charge in [-0.05, 0) is 124 Å². The molecule has 276 valence electrons. The van der Waals surface area contributed by atoms with Gasteiger partial charge in [0.2, 0.25) is 0 Å². The van der Waals surface area contributed by atoms with E-state index in [1.54, 1.807) is 0 Å². The predicted octanol–water partition coefficient (Wildman–Crippen LogP) is 14.9. The highest BCUT2D eigenvalue weighted by atomic mass is 15.1. The maximum atomic E-state index is 3.48. The molecule has 0 radical (unpaired) electrons. The Labute approximate surface area is 341 Å². The summed E-state index contributed by atoms with van der Waals surface area (Å²) in [6, 6.07) is 74.5. The van der Waals surface area contributed by atoms with Crippen LogP contribution in [0.5, 0.6) is 0 Å². The lowest BCUT2D eigenvalue weighted by atomic mass is 9.93. The fraction of sp³-hybridized carbons (Fsp3) is 0.0714. The lowest BCUT2D eigenvalue weighted by Gasteiger charge is -2.26. The van der Waals surface area contributed by atoms with Gasteiger partial charge in [-0.2, -0.15) is 0 Å². The van der Waals surface area contributed by atoms with Gasteiger partial charge in [0.25, 0.3) is 0 Å². The molecule has 1 unspecified atom stereocenters. The Morgan fingerprint density at radius 1 is 0.552 bits per heavy atom. The second kappa shape index (κ2) is 15.0. The van der Waals surface area contributed by atoms with Gasteiger partial charge in [-0.15, -0.1) is 0 Å². The summed E-state index contributed by atoms with van der Waals surface area (Å²) in [5.41, 5.74) is 18.8. The van der Waals surface area contributed by atoms with Crippen LogP contribution in [0.1, 0.15) is 23.7 Å². The van der Waals surface area contributed by atoms with Crippen LogP contribution in [0.4, 0.5) is 17.1 Å². The summed E-state index contributed by atoms with van der Waals surface area (Å²) in [7, 11) is 0. The number of benzene rings is 7. The van der Waals surface area contributed by atoms with E-state index in [0.717, 1.165) is 40.3 Å². The molecule has 1 atom stereocenters. The summed E-state index contributed by atoms with van der Waals surface area (Å²) < 4.78 is 2.43. The van der Waals surface area contributed by atoms with E-state index in [0.29, 0.717) is 5.92 Å². The maximum absolute atomic E-state index is 3.48. The van der Waals surface area contributed by atoms with Crippen molar-refractivity contribution < 1.29 is 0 Å². The summed E-state index contributed by atoms with van der Waals surface area (Å²) >= 11 is 0. The number of allylic oxidation sites excluding steroid dienone is 1. The van der Waals surface area contributed by atoms with Gasteiger partial charge in [-0.1, -0.05) is 158 Å². The molecule has 1 aliphatic rings. The average molecular weight is 743 g/mol. The maximum Gasteiger partial charge on any atom is 0.0557 e. The third kappa shape index (κ3) is 6.57. The molecule has 9 aromatic rings. The van der Waals surface area contributed by atoms with Gasteiger partial charge < -0.3 is 9.47 Å². The van der Waals surface area contributed by atoms with Crippen molar-refractivity contribution in [1.82, 2.24) is 4.57 Å². The third-order valence-corrected chi connectivity index (χ3v) is 11.5. The molecular weight excluding hydrogens is 701 g/mol. The van der Waals surface area contributed by atoms with Crippen LogP contribution in [0.15, 0.2) is 194 Å². The van der Waals surface area contributed by atoms with Gasteiger partial charge in [0.1, 0.15) is 0 Å². The normalized spacial score (nSPS) is 13.2. The molecule has 58 heavy (non-hydrogen) atoms. The first kappa shape index (κ1) is 35.1. The Bertz CT molecular complexity index is 2920. The van der Waals surface area contributed by atoms with Crippen LogP contribution in [0, 0.1) is 25.0 Å². The minimum absolute atomic E-state index is 0.519. The molecule has 0 fully saturated rings. The molecular formula is C56H42N2. The van der Waals surface area contributed by atoms with Gasteiger partial charge >= 0.3 is 0 Å². The molecule has 2 nitrogen and oxygen atoms in total. The van der Waals surface area contributed by atoms with Gasteiger partial charge in [0.15, 0.2) is 0 Å². The summed E-state index contributed by atoms with van der Waals surface area (Å²) in [6.07, 6.45) is 5.71. The van der Waals surface area contributed by atoms with Gasteiger partial charge in [0, 0.05) is 39.8 Å². The zero-order valence-electron chi connectivity index (χ0n) is 32.7. The van der Waals surface area contributed by atoms with Crippen molar-refractivity contribution in [3.63, 3.8) is 0 Å². The molecule has 0 saturated carbocycles. The summed E-state index contributed by atoms with van der Waals surface area (Å²) in [6.45, 7) is 4.49. The van der Waals surface area contributed by atoms with E-state index in [4.69, 9.17) is 0 Å². The molecule has 1 heterocycles. The van der Waals surface area contributed by atoms with Crippen molar-refractivity contribution in [1.29, 1.82) is 0 Å². The molecule has 0 saturated heterocycles. The zero-order valence-corrected chi connectivity index (χ0v) is 32.7. The molecule has 0 amide bonds. The number of rotatable bonds is 8. The molecule has 0 spiro atoms. The Balaban J connectivity index is 1.06. The van der Waals surface area contributed by atoms with Gasteiger partial charge in [-0.3, -0.25) is 0 Å². The molecule has 8 aromatic carbocycles. The van der Waals surface area contributed by atoms with Crippen molar-refractivity contribution in [3.05, 3.63) is 223 Å². The topological polar surface area (TPSA) is 8.17 Å². The molecule has 0 aliphatic heterocycles. The van der Waals surface area contributed by atoms with Crippen molar-refractivity contribution in [2.45, 2.75) is 20.3 Å². The lowest BCUT2D eigenvalue weighted by Crippen LogP contribution is -2.10. The van der Waals surface area contributed by atoms with Crippen molar-refractivity contribution in [2.24, 2.45) is 5.92 Å². The molecule has 0 bridgehead atoms. The monoisotopic (exact) mass is 742 g/mol. The largest absolute Gasteiger partial charge is 0.310 e. The number of fused-ring (bicyclic) bond motifs is 3. The van der Waals surface area contributed by atoms with E-state index in [9.17, 15) is 0 Å². The van der Waals surface area contributed by atoms with E-state index in [1.807, 2.05) is 6.07 Å². The fourth-order valence-corrected chi connectivity index (χ4v) is 8.59. The smallest absolute Gasteiger partial charge is 0.0557 e. The Morgan fingerprint density at radius 2 is 1.16 bits per heavy atom. The van der Waals surface area contributed by atoms with Crippen LogP contribution in [0.2, 0.25) is 0 Å². The SMILES string of the molecule is Cc1ccc2c(c1)c1c(n2-c2cccc(-c3c#ccc(N(c4ccc(-c5ccccc5)cc4)c4ccc(-c5ccccc5-c5ccccc5)cc4)c3)c2)C=CC(C)C1. The molecule has 1 aromatic heterocycles. The standard InChI is InChI=1S/C56H42N2/c1-39-23-33-55-53(35-39)54-36-40(2)24-34-56(54)58(55)50-20-12-18-46(38-50)45-17-11-19-49(37-45)57(47-29-25-42(26-30-47)41-13-5-3-6-14-41)48-31-27-44(28-32-48)52-22-10-9-21-51(52)43-15-7-4-8-16-43/h3-10,12-16,18-35,37-38,40H,36H2,1-2H3. The summed E-state index contributed by atoms with van der Waals surface area (Å²) in [4.78, 5) is 2.32. The Kier molecular flexibility index (Phi) is 9.05. The summed E-state index contributed by atoms with van der Waals surface area (Å²) in [5, 5.41) is 1.35. The van der Waals surface area contributed by atoms with E-state index in [1.165, 1.54) is 61.1 Å². The second-order valence-electron chi connectivity index (χ2n) is 15.4. The van der Waals surface area contributed by atoms with Crippen LogP contribution in [-0.2, 0) is 6.42 Å². The second-order valence-corrected chi connectivity index (χ2v) is 15.4. The van der Waals surface area contributed by atoms with Gasteiger partial charge in [0.05, 0.1) is 11.2 Å². The van der Waals surface area contributed by atoms with Crippen molar-refractivity contribution >= 4 is 34.0 Å². The number of hydrogen-bond donors (Lipinski definition) is 0. The van der Waals surface area contributed by atoms with Crippen LogP contribution in [-0.4, -0.2) is 4.57 Å². The first-order valence-electron chi connectivity index (χ1n) is 20.1. The molecule has 2 heteroatoms. The minimum atomic E-state index is 0.519. The zero-order chi connectivity index (χ0) is 39.0. The van der Waals surface area contributed by atoms with E-state index < -0.39 is 0 Å². The Morgan fingerprint density at radius 3 is 1.86 bits per heavy atom. The minimum Gasteiger partial charge on any atom is -0.310 e. The summed E-state index contributed by atoms with van der Waals surface area (Å²) in [5.74, 6) is 0.519. The van der Waals surface area contributed by atoms with E-state index >= 15 is 0 Å². The average Bonchev–Trinajstić information content (AvgIpc) is 3.60. The third-order valence-electron chi connectivity index (χ3n) is 11.5.